The van der Waals surface area contributed by atoms with E-state index in [0.29, 0.717) is 18.3 Å². The molecule has 35 heavy (non-hydrogen) atoms. The van der Waals surface area contributed by atoms with Gasteiger partial charge in [-0.2, -0.15) is 5.10 Å². The third kappa shape index (κ3) is 5.80. The number of aromatic nitrogens is 5. The zero-order chi connectivity index (χ0) is 25.0. The summed E-state index contributed by atoms with van der Waals surface area (Å²) >= 11 is 0. The Morgan fingerprint density at radius 2 is 2.03 bits per heavy atom. The van der Waals surface area contributed by atoms with Gasteiger partial charge in [0.1, 0.15) is 17.2 Å². The summed E-state index contributed by atoms with van der Waals surface area (Å²) in [6.45, 7) is 7.05. The smallest absolute Gasteiger partial charge is 0.140 e. The van der Waals surface area contributed by atoms with E-state index in [1.54, 1.807) is 31.8 Å². The topological polar surface area (TPSA) is 102 Å². The lowest BCUT2D eigenvalue weighted by Crippen LogP contribution is -2.26. The molecule has 0 aromatic carbocycles. The monoisotopic (exact) mass is 477 g/mol. The summed E-state index contributed by atoms with van der Waals surface area (Å²) in [5, 5.41) is 21.3. The lowest BCUT2D eigenvalue weighted by molar-refractivity contribution is 0.0577. The van der Waals surface area contributed by atoms with E-state index < -0.39 is 5.60 Å². The molecule has 4 aromatic heterocycles. The molecular formula is C26H35N7O2. The first-order chi connectivity index (χ1) is 16.8. The highest BCUT2D eigenvalue weighted by molar-refractivity contribution is 5.73. The Morgan fingerprint density at radius 1 is 1.20 bits per heavy atom. The van der Waals surface area contributed by atoms with E-state index in [4.69, 9.17) is 9.72 Å². The predicted molar refractivity (Wildman–Crippen MR) is 139 cm³/mol. The molecule has 4 heterocycles. The molecule has 0 radical (unpaired) electrons. The van der Waals surface area contributed by atoms with Crippen molar-refractivity contribution in [3.05, 3.63) is 49.1 Å². The van der Waals surface area contributed by atoms with E-state index in [9.17, 15) is 5.11 Å². The first kappa shape index (κ1) is 24.7. The fraction of sp³-hybridized carbons (Fsp3) is 0.423. The number of methoxy groups -OCH3 is 1. The number of hydrogen-bond acceptors (Lipinski definition) is 7. The van der Waals surface area contributed by atoms with Crippen molar-refractivity contribution in [1.29, 1.82) is 0 Å². The number of imidazole rings is 1. The Kier molecular flexibility index (Phi) is 7.37. The van der Waals surface area contributed by atoms with Crippen molar-refractivity contribution in [2.45, 2.75) is 51.8 Å². The average Bonchev–Trinajstić information content (AvgIpc) is 3.46. The molecule has 0 saturated heterocycles. The molecule has 0 bridgehead atoms. The summed E-state index contributed by atoms with van der Waals surface area (Å²) in [6, 6.07) is 8.28. The normalized spacial score (nSPS) is 12.7. The molecule has 186 valence electrons. The molecule has 0 amide bonds. The highest BCUT2D eigenvalue weighted by Gasteiger charge is 2.18. The van der Waals surface area contributed by atoms with Crippen LogP contribution in [-0.2, 0) is 6.54 Å². The predicted octanol–water partition coefficient (Wildman–Crippen LogP) is 3.84. The number of ether oxygens (including phenoxy) is 1. The highest BCUT2D eigenvalue weighted by atomic mass is 16.5. The quantitative estimate of drug-likeness (QED) is 0.302. The first-order valence-electron chi connectivity index (χ1n) is 12.0. The second-order valence-corrected chi connectivity index (χ2v) is 9.42. The zero-order valence-electron chi connectivity index (χ0n) is 21.1. The highest BCUT2D eigenvalue weighted by Crippen LogP contribution is 2.33. The van der Waals surface area contributed by atoms with Crippen LogP contribution in [0.15, 0.2) is 49.1 Å². The maximum Gasteiger partial charge on any atom is 0.140 e. The van der Waals surface area contributed by atoms with Gasteiger partial charge in [-0.05, 0) is 52.4 Å². The van der Waals surface area contributed by atoms with Crippen LogP contribution in [-0.4, -0.2) is 61.6 Å². The van der Waals surface area contributed by atoms with Crippen molar-refractivity contribution in [2.24, 2.45) is 0 Å². The molecule has 0 saturated carbocycles. The van der Waals surface area contributed by atoms with E-state index in [1.807, 2.05) is 54.3 Å². The average molecular weight is 478 g/mol. The van der Waals surface area contributed by atoms with Crippen molar-refractivity contribution < 1.29 is 9.84 Å². The fourth-order valence-electron chi connectivity index (χ4n) is 4.13. The number of aliphatic hydroxyl groups is 1. The van der Waals surface area contributed by atoms with Gasteiger partial charge in [0.25, 0.3) is 0 Å². The molecule has 0 fully saturated rings. The van der Waals surface area contributed by atoms with Crippen LogP contribution in [0.3, 0.4) is 0 Å². The molecule has 0 aliphatic heterocycles. The van der Waals surface area contributed by atoms with Crippen LogP contribution < -0.4 is 15.4 Å². The zero-order valence-corrected chi connectivity index (χ0v) is 21.1. The van der Waals surface area contributed by atoms with Gasteiger partial charge in [-0.25, -0.2) is 9.97 Å². The van der Waals surface area contributed by atoms with Crippen LogP contribution in [0.2, 0.25) is 0 Å². The van der Waals surface area contributed by atoms with Crippen LogP contribution in [0.5, 0.6) is 5.75 Å². The number of rotatable bonds is 11. The van der Waals surface area contributed by atoms with Gasteiger partial charge < -0.3 is 20.5 Å². The minimum Gasteiger partial charge on any atom is -0.496 e. The molecule has 9 heteroatoms. The van der Waals surface area contributed by atoms with Crippen molar-refractivity contribution in [3.8, 4) is 28.3 Å². The van der Waals surface area contributed by atoms with Crippen LogP contribution in [0.4, 0.5) is 5.82 Å². The third-order valence-corrected chi connectivity index (χ3v) is 5.92. The van der Waals surface area contributed by atoms with Gasteiger partial charge in [-0.1, -0.05) is 13.0 Å². The minimum atomic E-state index is -0.858. The molecule has 0 aliphatic carbocycles. The van der Waals surface area contributed by atoms with Crippen molar-refractivity contribution in [2.75, 3.05) is 26.0 Å². The standard InChI is InChI=1S/C26H35N7O2/c1-6-19(10-11-27-4)30-24-9-7-8-21(31-24)22-14-28-25-12-23(35-5)20(16-33(22)25)18-13-29-32(15-18)17-26(2,3)34/h7-9,12-16,19,27,34H,6,10-11,17H2,1-5H3,(H,30,31). The summed E-state index contributed by atoms with van der Waals surface area (Å²) in [5.41, 5.74) is 3.41. The van der Waals surface area contributed by atoms with Gasteiger partial charge in [0.05, 0.1) is 43.0 Å². The number of nitrogens with zero attached hydrogens (tertiary/aromatic N) is 5. The maximum atomic E-state index is 10.1. The van der Waals surface area contributed by atoms with E-state index >= 15 is 0 Å². The summed E-state index contributed by atoms with van der Waals surface area (Å²) in [4.78, 5) is 9.48. The molecule has 0 spiro atoms. The molecule has 1 unspecified atom stereocenters. The SMILES string of the molecule is CCC(CCNC)Nc1cccc(-c2cnc3cc(OC)c(-c4cnn(CC(C)(C)O)c4)cn23)n1. The Labute approximate surface area is 206 Å². The number of fused-ring (bicyclic) bond motifs is 1. The maximum absolute atomic E-state index is 10.1. The van der Waals surface area contributed by atoms with Crippen LogP contribution in [0, 0.1) is 0 Å². The minimum absolute atomic E-state index is 0.351. The van der Waals surface area contributed by atoms with Crippen molar-refractivity contribution in [3.63, 3.8) is 0 Å². The van der Waals surface area contributed by atoms with E-state index in [2.05, 4.69) is 27.6 Å². The van der Waals surface area contributed by atoms with Crippen molar-refractivity contribution >= 4 is 11.5 Å². The molecule has 3 N–H and O–H groups in total. The number of pyridine rings is 2. The van der Waals surface area contributed by atoms with E-state index in [0.717, 1.165) is 53.4 Å². The molecule has 0 aliphatic rings. The molecule has 4 aromatic rings. The summed E-state index contributed by atoms with van der Waals surface area (Å²) < 4.78 is 9.43. The lowest BCUT2D eigenvalue weighted by Gasteiger charge is -2.18. The van der Waals surface area contributed by atoms with Gasteiger partial charge in [0.15, 0.2) is 0 Å². The van der Waals surface area contributed by atoms with Gasteiger partial charge in [-0.3, -0.25) is 9.08 Å². The molecule has 1 atom stereocenters. The third-order valence-electron chi connectivity index (χ3n) is 5.92. The van der Waals surface area contributed by atoms with Gasteiger partial charge in [0, 0.05) is 35.6 Å². The van der Waals surface area contributed by atoms with Crippen molar-refractivity contribution in [1.82, 2.24) is 29.5 Å². The van der Waals surface area contributed by atoms with E-state index in [1.165, 1.54) is 0 Å². The van der Waals surface area contributed by atoms with Gasteiger partial charge in [-0.15, -0.1) is 0 Å². The second-order valence-electron chi connectivity index (χ2n) is 9.42. The van der Waals surface area contributed by atoms with Gasteiger partial charge in [0.2, 0.25) is 0 Å². The summed E-state index contributed by atoms with van der Waals surface area (Å²) in [5.74, 6) is 1.55. The summed E-state index contributed by atoms with van der Waals surface area (Å²) in [7, 11) is 3.62. The van der Waals surface area contributed by atoms with Crippen LogP contribution in [0.1, 0.15) is 33.6 Å². The number of nitrogens with one attached hydrogen (secondary N) is 2. The molecular weight excluding hydrogens is 442 g/mol. The van der Waals surface area contributed by atoms with Gasteiger partial charge >= 0.3 is 0 Å². The first-order valence-corrected chi connectivity index (χ1v) is 12.0. The summed E-state index contributed by atoms with van der Waals surface area (Å²) in [6.07, 6.45) is 9.58. The number of hydrogen-bond donors (Lipinski definition) is 3. The second kappa shape index (κ2) is 10.5. The lowest BCUT2D eigenvalue weighted by atomic mass is 10.1. The number of anilines is 1. The largest absolute Gasteiger partial charge is 0.496 e. The van der Waals surface area contributed by atoms with E-state index in [-0.39, 0.29) is 0 Å². The Bertz CT molecular complexity index is 1270. The van der Waals surface area contributed by atoms with Crippen LogP contribution >= 0.6 is 0 Å². The fourth-order valence-corrected chi connectivity index (χ4v) is 4.13. The molecule has 4 rings (SSSR count). The van der Waals surface area contributed by atoms with Crippen LogP contribution in [0.25, 0.3) is 28.2 Å². The molecule has 9 nitrogen and oxygen atoms in total. The Balaban J connectivity index is 1.69. The Morgan fingerprint density at radius 3 is 2.74 bits per heavy atom. The Hall–Kier alpha value is -3.43.